The van der Waals surface area contributed by atoms with Crippen LogP contribution < -0.4 is 5.32 Å². The molecule has 1 unspecified atom stereocenters. The van der Waals surface area contributed by atoms with Crippen LogP contribution in [0.3, 0.4) is 0 Å². The normalized spacial score (nSPS) is 22.7. The SMILES string of the molecule is CN1C=NC=NC1NCCO. The Labute approximate surface area is 65.5 Å². The number of rotatable bonds is 3. The van der Waals surface area contributed by atoms with E-state index < -0.39 is 0 Å². The van der Waals surface area contributed by atoms with Crippen LogP contribution in [-0.2, 0) is 0 Å². The van der Waals surface area contributed by atoms with Crippen molar-refractivity contribution in [3.63, 3.8) is 0 Å². The Morgan fingerprint density at radius 1 is 1.73 bits per heavy atom. The Kier molecular flexibility index (Phi) is 3.00. The highest BCUT2D eigenvalue weighted by Gasteiger charge is 2.09. The lowest BCUT2D eigenvalue weighted by Crippen LogP contribution is -2.43. The van der Waals surface area contributed by atoms with Crippen molar-refractivity contribution in [1.82, 2.24) is 10.2 Å². The molecule has 0 aromatic carbocycles. The number of hydrogen-bond donors (Lipinski definition) is 2. The van der Waals surface area contributed by atoms with E-state index in [-0.39, 0.29) is 12.9 Å². The standard InChI is InChI=1S/C6H12N4O/c1-10-5-7-4-9-6(10)8-2-3-11/h4-6,8,11H,2-3H2,1H3. The fraction of sp³-hybridized carbons (Fsp3) is 0.667. The molecule has 0 aromatic heterocycles. The highest BCUT2D eigenvalue weighted by Crippen LogP contribution is 1.94. The molecule has 2 N–H and O–H groups in total. The van der Waals surface area contributed by atoms with Gasteiger partial charge in [0.05, 0.1) is 12.9 Å². The van der Waals surface area contributed by atoms with Crippen LogP contribution in [0.4, 0.5) is 0 Å². The maximum atomic E-state index is 8.52. The predicted molar refractivity (Wildman–Crippen MR) is 43.6 cm³/mol. The molecule has 11 heavy (non-hydrogen) atoms. The van der Waals surface area contributed by atoms with Gasteiger partial charge in [-0.15, -0.1) is 0 Å². The van der Waals surface area contributed by atoms with Crippen LogP contribution in [0.5, 0.6) is 0 Å². The van der Waals surface area contributed by atoms with Gasteiger partial charge in [-0.1, -0.05) is 0 Å². The number of aliphatic hydroxyl groups excluding tert-OH is 1. The highest BCUT2D eigenvalue weighted by atomic mass is 16.3. The fourth-order valence-electron chi connectivity index (χ4n) is 0.795. The molecule has 1 heterocycles. The maximum absolute atomic E-state index is 8.52. The van der Waals surface area contributed by atoms with Crippen LogP contribution in [0.2, 0.25) is 0 Å². The van der Waals surface area contributed by atoms with E-state index in [0.29, 0.717) is 6.54 Å². The monoisotopic (exact) mass is 156 g/mol. The molecule has 0 aromatic rings. The van der Waals surface area contributed by atoms with Gasteiger partial charge in [-0.05, 0) is 0 Å². The van der Waals surface area contributed by atoms with Gasteiger partial charge in [-0.2, -0.15) is 0 Å². The molecule has 1 rings (SSSR count). The second-order valence-electron chi connectivity index (χ2n) is 2.25. The Bertz CT molecular complexity index is 168. The van der Waals surface area contributed by atoms with Gasteiger partial charge in [0.25, 0.3) is 0 Å². The van der Waals surface area contributed by atoms with Crippen molar-refractivity contribution < 1.29 is 5.11 Å². The lowest BCUT2D eigenvalue weighted by molar-refractivity contribution is 0.254. The fourth-order valence-corrected chi connectivity index (χ4v) is 0.795. The van der Waals surface area contributed by atoms with Gasteiger partial charge in [0.2, 0.25) is 0 Å². The van der Waals surface area contributed by atoms with E-state index in [9.17, 15) is 0 Å². The molecule has 0 aliphatic carbocycles. The molecule has 0 spiro atoms. The summed E-state index contributed by atoms with van der Waals surface area (Å²) in [4.78, 5) is 9.68. The third-order valence-electron chi connectivity index (χ3n) is 1.35. The molecule has 0 bridgehead atoms. The van der Waals surface area contributed by atoms with E-state index in [4.69, 9.17) is 5.11 Å². The second kappa shape index (κ2) is 4.05. The average Bonchev–Trinajstić information content (AvgIpc) is 2.03. The topological polar surface area (TPSA) is 60.2 Å². The summed E-state index contributed by atoms with van der Waals surface area (Å²) in [5.74, 6) is 0. The van der Waals surface area contributed by atoms with Crippen molar-refractivity contribution in [2.45, 2.75) is 6.29 Å². The minimum Gasteiger partial charge on any atom is -0.395 e. The summed E-state index contributed by atoms with van der Waals surface area (Å²) in [6, 6.07) is 0. The number of nitrogens with one attached hydrogen (secondary N) is 1. The van der Waals surface area contributed by atoms with Crippen LogP contribution in [-0.4, -0.2) is 49.2 Å². The van der Waals surface area contributed by atoms with Crippen molar-refractivity contribution in [2.24, 2.45) is 9.98 Å². The predicted octanol–water partition coefficient (Wildman–Crippen LogP) is -1.15. The van der Waals surface area contributed by atoms with E-state index in [0.717, 1.165) is 0 Å². The zero-order valence-electron chi connectivity index (χ0n) is 6.44. The number of nitrogens with zero attached hydrogens (tertiary/aromatic N) is 3. The van der Waals surface area contributed by atoms with Crippen molar-refractivity contribution in [3.05, 3.63) is 0 Å². The third kappa shape index (κ3) is 2.28. The molecule has 1 aliphatic rings. The van der Waals surface area contributed by atoms with Crippen LogP contribution in [0.25, 0.3) is 0 Å². The molecule has 0 fully saturated rings. The lowest BCUT2D eigenvalue weighted by atomic mass is 10.6. The Morgan fingerprint density at radius 3 is 3.18 bits per heavy atom. The molecular weight excluding hydrogens is 144 g/mol. The van der Waals surface area contributed by atoms with Gasteiger partial charge in [0.15, 0.2) is 6.29 Å². The zero-order valence-corrected chi connectivity index (χ0v) is 6.44. The first kappa shape index (κ1) is 8.16. The van der Waals surface area contributed by atoms with Crippen molar-refractivity contribution in [3.8, 4) is 0 Å². The van der Waals surface area contributed by atoms with Crippen LogP contribution >= 0.6 is 0 Å². The molecule has 0 amide bonds. The molecule has 62 valence electrons. The lowest BCUT2D eigenvalue weighted by Gasteiger charge is -2.24. The summed E-state index contributed by atoms with van der Waals surface area (Å²) < 4.78 is 0. The maximum Gasteiger partial charge on any atom is 0.178 e. The summed E-state index contributed by atoms with van der Waals surface area (Å²) in [5.41, 5.74) is 0. The van der Waals surface area contributed by atoms with Gasteiger partial charge in [-0.25, -0.2) is 9.98 Å². The van der Waals surface area contributed by atoms with Gasteiger partial charge < -0.3 is 10.0 Å². The molecule has 1 atom stereocenters. The van der Waals surface area contributed by atoms with E-state index in [1.54, 1.807) is 6.34 Å². The summed E-state index contributed by atoms with van der Waals surface area (Å²) in [7, 11) is 1.87. The van der Waals surface area contributed by atoms with Crippen molar-refractivity contribution >= 4 is 12.7 Å². The Hall–Kier alpha value is -0.940. The smallest absolute Gasteiger partial charge is 0.178 e. The van der Waals surface area contributed by atoms with E-state index in [2.05, 4.69) is 15.3 Å². The van der Waals surface area contributed by atoms with Crippen LogP contribution in [0, 0.1) is 0 Å². The minimum absolute atomic E-state index is 0.0837. The van der Waals surface area contributed by atoms with Crippen LogP contribution in [0.15, 0.2) is 9.98 Å². The Morgan fingerprint density at radius 2 is 2.55 bits per heavy atom. The summed E-state index contributed by atoms with van der Waals surface area (Å²) >= 11 is 0. The summed E-state index contributed by atoms with van der Waals surface area (Å²) in [6.07, 6.45) is 3.09. The van der Waals surface area contributed by atoms with Gasteiger partial charge in [-0.3, -0.25) is 5.32 Å². The Balaban J connectivity index is 2.33. The zero-order chi connectivity index (χ0) is 8.10. The van der Waals surface area contributed by atoms with Crippen molar-refractivity contribution in [1.29, 1.82) is 0 Å². The first-order valence-corrected chi connectivity index (χ1v) is 3.45. The van der Waals surface area contributed by atoms with E-state index >= 15 is 0 Å². The third-order valence-corrected chi connectivity index (χ3v) is 1.35. The van der Waals surface area contributed by atoms with Gasteiger partial charge in [0.1, 0.15) is 6.34 Å². The molecule has 5 nitrogen and oxygen atoms in total. The molecule has 0 saturated heterocycles. The van der Waals surface area contributed by atoms with Crippen LogP contribution in [0.1, 0.15) is 0 Å². The summed E-state index contributed by atoms with van der Waals surface area (Å²) in [6.45, 7) is 0.664. The molecule has 5 heteroatoms. The van der Waals surface area contributed by atoms with Crippen molar-refractivity contribution in [2.75, 3.05) is 20.2 Å². The van der Waals surface area contributed by atoms with E-state index in [1.807, 2.05) is 11.9 Å². The molecule has 1 aliphatic heterocycles. The van der Waals surface area contributed by atoms with E-state index in [1.165, 1.54) is 6.34 Å². The molecular formula is C6H12N4O. The number of aliphatic imine (C=N–C) groups is 2. The number of aliphatic hydroxyl groups is 1. The largest absolute Gasteiger partial charge is 0.395 e. The number of hydrogen-bond acceptors (Lipinski definition) is 5. The highest BCUT2D eigenvalue weighted by molar-refractivity contribution is 5.73. The average molecular weight is 156 g/mol. The second-order valence-corrected chi connectivity index (χ2v) is 2.25. The summed E-state index contributed by atoms with van der Waals surface area (Å²) in [5, 5.41) is 11.5. The van der Waals surface area contributed by atoms with Gasteiger partial charge in [0, 0.05) is 13.6 Å². The first-order chi connectivity index (χ1) is 5.34. The molecule has 0 radical (unpaired) electrons. The quantitative estimate of drug-likeness (QED) is 0.542. The van der Waals surface area contributed by atoms with Gasteiger partial charge >= 0.3 is 0 Å². The first-order valence-electron chi connectivity index (χ1n) is 3.45. The molecule has 0 saturated carbocycles. The minimum atomic E-state index is -0.0837.